The molecule has 0 fully saturated rings. The smallest absolute Gasteiger partial charge is 0.251 e. The second kappa shape index (κ2) is 9.51. The predicted molar refractivity (Wildman–Crippen MR) is 102 cm³/mol. The van der Waals surface area contributed by atoms with E-state index in [9.17, 15) is 4.79 Å². The van der Waals surface area contributed by atoms with Crippen molar-refractivity contribution in [3.05, 3.63) is 66.2 Å². The van der Waals surface area contributed by atoms with Gasteiger partial charge in [-0.15, -0.1) is 6.58 Å². The lowest BCUT2D eigenvalue weighted by atomic mass is 10.1. The monoisotopic (exact) mass is 355 g/mol. The van der Waals surface area contributed by atoms with Gasteiger partial charge in [0.15, 0.2) is 0 Å². The third-order valence-electron chi connectivity index (χ3n) is 3.84. The van der Waals surface area contributed by atoms with Crippen LogP contribution >= 0.6 is 0 Å². The Morgan fingerprint density at radius 1 is 1.12 bits per heavy atom. The maximum Gasteiger partial charge on any atom is 0.251 e. The highest BCUT2D eigenvalue weighted by Crippen LogP contribution is 2.21. The summed E-state index contributed by atoms with van der Waals surface area (Å²) in [5, 5.41) is 2.94. The van der Waals surface area contributed by atoms with E-state index in [1.807, 2.05) is 37.3 Å². The second-order valence-electron chi connectivity index (χ2n) is 5.88. The molecule has 0 aliphatic carbocycles. The number of benzene rings is 2. The predicted octanol–water partition coefficient (Wildman–Crippen LogP) is 3.63. The Hall–Kier alpha value is -2.95. The molecule has 0 radical (unpaired) electrons. The molecular formula is C21H25NO4. The number of carbonyl (C=O) groups is 1. The number of amides is 1. The number of rotatable bonds is 9. The Balaban J connectivity index is 1.93. The van der Waals surface area contributed by atoms with Gasteiger partial charge in [0.25, 0.3) is 5.91 Å². The first-order chi connectivity index (χ1) is 12.6. The lowest BCUT2D eigenvalue weighted by Crippen LogP contribution is -2.36. The van der Waals surface area contributed by atoms with Crippen molar-refractivity contribution in [2.75, 3.05) is 20.8 Å². The van der Waals surface area contributed by atoms with Crippen LogP contribution in [0.5, 0.6) is 17.2 Å². The number of nitrogens with one attached hydrogen (secondary N) is 1. The van der Waals surface area contributed by atoms with Crippen molar-refractivity contribution in [3.8, 4) is 17.2 Å². The molecule has 5 nitrogen and oxygen atoms in total. The standard InChI is InChI=1S/C21H25NO4/c1-5-6-16-13-17(7-12-20(16)25-4)21(23)22-15(2)14-26-19-10-8-18(24-3)9-11-19/h5,7-13,15H,1,6,14H2,2-4H3,(H,22,23)/t15-/m0/s1. The van der Waals surface area contributed by atoms with Crippen molar-refractivity contribution < 1.29 is 19.0 Å². The molecule has 26 heavy (non-hydrogen) atoms. The summed E-state index contributed by atoms with van der Waals surface area (Å²) in [5.74, 6) is 2.10. The average Bonchev–Trinajstić information content (AvgIpc) is 2.67. The van der Waals surface area contributed by atoms with Crippen LogP contribution in [0, 0.1) is 0 Å². The molecular weight excluding hydrogens is 330 g/mol. The van der Waals surface area contributed by atoms with Crippen LogP contribution in [0.3, 0.4) is 0 Å². The largest absolute Gasteiger partial charge is 0.497 e. The van der Waals surface area contributed by atoms with Crippen molar-refractivity contribution in [2.45, 2.75) is 19.4 Å². The number of methoxy groups -OCH3 is 2. The van der Waals surface area contributed by atoms with Crippen LogP contribution in [0.2, 0.25) is 0 Å². The van der Waals surface area contributed by atoms with Crippen LogP contribution in [0.15, 0.2) is 55.1 Å². The highest BCUT2D eigenvalue weighted by Gasteiger charge is 2.13. The van der Waals surface area contributed by atoms with Gasteiger partial charge in [0.05, 0.1) is 20.3 Å². The van der Waals surface area contributed by atoms with Crippen molar-refractivity contribution in [1.82, 2.24) is 5.32 Å². The molecule has 1 atom stereocenters. The topological polar surface area (TPSA) is 56.8 Å². The second-order valence-corrected chi connectivity index (χ2v) is 5.88. The van der Waals surface area contributed by atoms with Crippen LogP contribution in [-0.4, -0.2) is 32.8 Å². The van der Waals surface area contributed by atoms with Gasteiger partial charge >= 0.3 is 0 Å². The highest BCUT2D eigenvalue weighted by molar-refractivity contribution is 5.94. The molecule has 5 heteroatoms. The fraction of sp³-hybridized carbons (Fsp3) is 0.286. The maximum atomic E-state index is 12.5. The quantitative estimate of drug-likeness (QED) is 0.698. The lowest BCUT2D eigenvalue weighted by molar-refractivity contribution is 0.0926. The van der Waals surface area contributed by atoms with Crippen LogP contribution in [0.4, 0.5) is 0 Å². The van der Waals surface area contributed by atoms with Crippen molar-refractivity contribution in [1.29, 1.82) is 0 Å². The van der Waals surface area contributed by atoms with Gasteiger partial charge in [0.1, 0.15) is 23.9 Å². The SMILES string of the molecule is C=CCc1cc(C(=O)N[C@@H](C)COc2ccc(OC)cc2)ccc1OC. The van der Waals surface area contributed by atoms with E-state index >= 15 is 0 Å². The summed E-state index contributed by atoms with van der Waals surface area (Å²) < 4.78 is 16.1. The third-order valence-corrected chi connectivity index (χ3v) is 3.84. The van der Waals surface area contributed by atoms with Crippen molar-refractivity contribution in [3.63, 3.8) is 0 Å². The number of hydrogen-bond donors (Lipinski definition) is 1. The van der Waals surface area contributed by atoms with Crippen LogP contribution in [0.25, 0.3) is 0 Å². The van der Waals surface area contributed by atoms with E-state index in [0.29, 0.717) is 18.6 Å². The molecule has 1 amide bonds. The van der Waals surface area contributed by atoms with Gasteiger partial charge in [-0.25, -0.2) is 0 Å². The zero-order valence-corrected chi connectivity index (χ0v) is 15.5. The molecule has 0 aliphatic heterocycles. The maximum absolute atomic E-state index is 12.5. The molecule has 2 aromatic rings. The normalized spacial score (nSPS) is 11.3. The minimum absolute atomic E-state index is 0.144. The fourth-order valence-corrected chi connectivity index (χ4v) is 2.48. The highest BCUT2D eigenvalue weighted by atomic mass is 16.5. The van der Waals surface area contributed by atoms with Gasteiger partial charge in [0, 0.05) is 5.56 Å². The van der Waals surface area contributed by atoms with E-state index < -0.39 is 0 Å². The van der Waals surface area contributed by atoms with E-state index in [1.54, 1.807) is 32.4 Å². The van der Waals surface area contributed by atoms with Crippen LogP contribution < -0.4 is 19.5 Å². The van der Waals surface area contributed by atoms with E-state index in [4.69, 9.17) is 14.2 Å². The average molecular weight is 355 g/mol. The van der Waals surface area contributed by atoms with E-state index in [2.05, 4.69) is 11.9 Å². The Morgan fingerprint density at radius 3 is 2.42 bits per heavy atom. The van der Waals surface area contributed by atoms with Crippen LogP contribution in [-0.2, 0) is 6.42 Å². The van der Waals surface area contributed by atoms with Gasteiger partial charge in [-0.2, -0.15) is 0 Å². The number of allylic oxidation sites excluding steroid dienone is 1. The van der Waals surface area contributed by atoms with E-state index in [-0.39, 0.29) is 11.9 Å². The third kappa shape index (κ3) is 5.28. The first kappa shape index (κ1) is 19.4. The summed E-state index contributed by atoms with van der Waals surface area (Å²) >= 11 is 0. The molecule has 0 bridgehead atoms. The number of hydrogen-bond acceptors (Lipinski definition) is 4. The van der Waals surface area contributed by atoms with Gasteiger partial charge in [-0.3, -0.25) is 4.79 Å². The molecule has 1 N–H and O–H groups in total. The number of ether oxygens (including phenoxy) is 3. The Kier molecular flexibility index (Phi) is 7.09. The molecule has 0 heterocycles. The van der Waals surface area contributed by atoms with Gasteiger partial charge < -0.3 is 19.5 Å². The molecule has 2 rings (SSSR count). The fourth-order valence-electron chi connectivity index (χ4n) is 2.48. The molecule has 0 saturated heterocycles. The Bertz CT molecular complexity index is 740. The minimum Gasteiger partial charge on any atom is -0.497 e. The summed E-state index contributed by atoms with van der Waals surface area (Å²) in [4.78, 5) is 12.5. The molecule has 0 unspecified atom stereocenters. The Labute approximate surface area is 154 Å². The van der Waals surface area contributed by atoms with Crippen LogP contribution in [0.1, 0.15) is 22.8 Å². The minimum atomic E-state index is -0.149. The molecule has 0 saturated carbocycles. The Morgan fingerprint density at radius 2 is 1.81 bits per heavy atom. The molecule has 2 aromatic carbocycles. The summed E-state index contributed by atoms with van der Waals surface area (Å²) in [6, 6.07) is 12.6. The molecule has 0 aromatic heterocycles. The summed E-state index contributed by atoms with van der Waals surface area (Å²) in [6.07, 6.45) is 2.42. The van der Waals surface area contributed by atoms with Crippen molar-refractivity contribution >= 4 is 5.91 Å². The summed E-state index contributed by atoms with van der Waals surface area (Å²) in [7, 11) is 3.23. The van der Waals surface area contributed by atoms with Crippen molar-refractivity contribution in [2.24, 2.45) is 0 Å². The molecule has 138 valence electrons. The molecule has 0 aliphatic rings. The van der Waals surface area contributed by atoms with Gasteiger partial charge in [-0.1, -0.05) is 6.08 Å². The zero-order valence-electron chi connectivity index (χ0n) is 15.5. The number of carbonyl (C=O) groups excluding carboxylic acids is 1. The lowest BCUT2D eigenvalue weighted by Gasteiger charge is -2.16. The van der Waals surface area contributed by atoms with Gasteiger partial charge in [0.2, 0.25) is 0 Å². The molecule has 0 spiro atoms. The first-order valence-electron chi connectivity index (χ1n) is 8.43. The summed E-state index contributed by atoms with van der Waals surface area (Å²) in [5.41, 5.74) is 1.51. The zero-order chi connectivity index (χ0) is 18.9. The first-order valence-corrected chi connectivity index (χ1v) is 8.43. The van der Waals surface area contributed by atoms with Gasteiger partial charge in [-0.05, 0) is 61.4 Å². The summed E-state index contributed by atoms with van der Waals surface area (Å²) in [6.45, 7) is 6.00. The van der Waals surface area contributed by atoms with E-state index in [0.717, 1.165) is 22.8 Å². The van der Waals surface area contributed by atoms with E-state index in [1.165, 1.54) is 0 Å².